The van der Waals surface area contributed by atoms with Gasteiger partial charge in [-0.1, -0.05) is 18.2 Å². The van der Waals surface area contributed by atoms with E-state index in [9.17, 15) is 24.6 Å². The minimum atomic E-state index is -0.909. The van der Waals surface area contributed by atoms with E-state index >= 15 is 0 Å². The summed E-state index contributed by atoms with van der Waals surface area (Å²) in [5.74, 6) is -1.06. The van der Waals surface area contributed by atoms with Gasteiger partial charge in [-0.15, -0.1) is 0 Å². The molecule has 0 spiro atoms. The number of carbonyl (C=O) groups excluding carboxylic acids is 3. The zero-order valence-electron chi connectivity index (χ0n) is 15.8. The fraction of sp³-hybridized carbons (Fsp3) is 0.286. The second kappa shape index (κ2) is 8.23. The van der Waals surface area contributed by atoms with Gasteiger partial charge >= 0.3 is 0 Å². The molecule has 3 atom stereocenters. The van der Waals surface area contributed by atoms with Crippen LogP contribution >= 0.6 is 0 Å². The molecule has 30 heavy (non-hydrogen) atoms. The molecule has 1 saturated heterocycles. The fourth-order valence-electron chi connectivity index (χ4n) is 3.61. The van der Waals surface area contributed by atoms with E-state index < -0.39 is 36.0 Å². The van der Waals surface area contributed by atoms with E-state index in [1.165, 1.54) is 12.1 Å². The Bertz CT molecular complexity index is 992. The van der Waals surface area contributed by atoms with Gasteiger partial charge in [0.25, 0.3) is 17.7 Å². The molecule has 0 saturated carbocycles. The summed E-state index contributed by atoms with van der Waals surface area (Å²) in [5.41, 5.74) is 0.919. The van der Waals surface area contributed by atoms with Gasteiger partial charge in [0.2, 0.25) is 0 Å². The molecule has 0 radical (unpaired) electrons. The van der Waals surface area contributed by atoms with E-state index in [0.29, 0.717) is 17.0 Å². The van der Waals surface area contributed by atoms with Gasteiger partial charge < -0.3 is 25.0 Å². The molecule has 0 bridgehead atoms. The number of amides is 3. The molecular formula is C21H20N2O7. The Morgan fingerprint density at radius 1 is 1.20 bits per heavy atom. The SMILES string of the molecule is O=C(COc1ccccc1)Nc1cc2c(c([C@H]3C[C@H](O)[C@@H](CO)O3)c1)C(=O)NC2=O. The zero-order chi connectivity index (χ0) is 21.3. The van der Waals surface area contributed by atoms with Crippen LogP contribution in [0.3, 0.4) is 0 Å². The van der Waals surface area contributed by atoms with Crippen LogP contribution in [0.15, 0.2) is 42.5 Å². The molecule has 9 nitrogen and oxygen atoms in total. The minimum Gasteiger partial charge on any atom is -0.484 e. The Kier molecular flexibility index (Phi) is 5.49. The predicted octanol–water partition coefficient (Wildman–Crippen LogP) is 0.771. The first-order chi connectivity index (χ1) is 14.5. The lowest BCUT2D eigenvalue weighted by atomic mass is 9.95. The quantitative estimate of drug-likeness (QED) is 0.515. The lowest BCUT2D eigenvalue weighted by Gasteiger charge is -2.17. The van der Waals surface area contributed by atoms with Crippen molar-refractivity contribution < 1.29 is 34.1 Å². The van der Waals surface area contributed by atoms with Gasteiger partial charge in [-0.2, -0.15) is 0 Å². The molecule has 2 aliphatic rings. The highest BCUT2D eigenvalue weighted by Gasteiger charge is 2.39. The van der Waals surface area contributed by atoms with Crippen LogP contribution < -0.4 is 15.4 Å². The number of hydrogen-bond donors (Lipinski definition) is 4. The first kappa shape index (κ1) is 20.0. The lowest BCUT2D eigenvalue weighted by molar-refractivity contribution is -0.118. The Morgan fingerprint density at radius 2 is 1.97 bits per heavy atom. The van der Waals surface area contributed by atoms with Gasteiger partial charge in [-0.25, -0.2) is 0 Å². The third-order valence-corrected chi connectivity index (χ3v) is 5.02. The summed E-state index contributed by atoms with van der Waals surface area (Å²) in [5, 5.41) is 24.2. The van der Waals surface area contributed by atoms with Crippen molar-refractivity contribution in [3.05, 3.63) is 59.2 Å². The number of ether oxygens (including phenoxy) is 2. The summed E-state index contributed by atoms with van der Waals surface area (Å²) in [4.78, 5) is 36.8. The van der Waals surface area contributed by atoms with Crippen LogP contribution in [-0.4, -0.2) is 53.4 Å². The second-order valence-electron chi connectivity index (χ2n) is 7.07. The number of hydrogen-bond acceptors (Lipinski definition) is 7. The van der Waals surface area contributed by atoms with E-state index in [4.69, 9.17) is 9.47 Å². The van der Waals surface area contributed by atoms with Crippen molar-refractivity contribution in [2.24, 2.45) is 0 Å². The number of carbonyl (C=O) groups is 3. The van der Waals surface area contributed by atoms with Crippen LogP contribution in [0.5, 0.6) is 5.75 Å². The first-order valence-corrected chi connectivity index (χ1v) is 9.42. The van der Waals surface area contributed by atoms with Gasteiger partial charge in [0.15, 0.2) is 6.61 Å². The number of aliphatic hydroxyl groups excluding tert-OH is 2. The maximum Gasteiger partial charge on any atom is 0.262 e. The molecule has 4 rings (SSSR count). The van der Waals surface area contributed by atoms with Gasteiger partial charge in [-0.3, -0.25) is 19.7 Å². The Balaban J connectivity index is 1.57. The summed E-state index contributed by atoms with van der Waals surface area (Å²) in [6, 6.07) is 11.8. The predicted molar refractivity (Wildman–Crippen MR) is 104 cm³/mol. The molecule has 0 aliphatic carbocycles. The van der Waals surface area contributed by atoms with Gasteiger partial charge in [0, 0.05) is 12.1 Å². The number of aliphatic hydroxyl groups is 2. The molecule has 9 heteroatoms. The fourth-order valence-corrected chi connectivity index (χ4v) is 3.61. The van der Waals surface area contributed by atoms with Crippen LogP contribution in [-0.2, 0) is 9.53 Å². The highest BCUT2D eigenvalue weighted by atomic mass is 16.5. The number of imide groups is 1. The number of para-hydroxylation sites is 1. The second-order valence-corrected chi connectivity index (χ2v) is 7.07. The molecule has 2 aliphatic heterocycles. The maximum atomic E-state index is 12.3. The van der Waals surface area contributed by atoms with Crippen LogP contribution in [0.2, 0.25) is 0 Å². The summed E-state index contributed by atoms with van der Waals surface area (Å²) in [6.45, 7) is -0.620. The van der Waals surface area contributed by atoms with E-state index in [1.54, 1.807) is 24.3 Å². The van der Waals surface area contributed by atoms with E-state index in [-0.39, 0.29) is 30.8 Å². The Morgan fingerprint density at radius 3 is 2.67 bits per heavy atom. The highest BCUT2D eigenvalue weighted by Crippen LogP contribution is 2.38. The smallest absolute Gasteiger partial charge is 0.262 e. The third-order valence-electron chi connectivity index (χ3n) is 5.02. The molecule has 2 heterocycles. The molecule has 0 aromatic heterocycles. The normalized spacial score (nSPS) is 22.5. The topological polar surface area (TPSA) is 134 Å². The third kappa shape index (κ3) is 3.90. The van der Waals surface area contributed by atoms with Crippen LogP contribution in [0.4, 0.5) is 5.69 Å². The summed E-state index contributed by atoms with van der Waals surface area (Å²) in [6.07, 6.45) is -2.26. The van der Waals surface area contributed by atoms with Crippen molar-refractivity contribution in [1.29, 1.82) is 0 Å². The number of anilines is 1. The average Bonchev–Trinajstić information content (AvgIpc) is 3.25. The van der Waals surface area contributed by atoms with Crippen molar-refractivity contribution in [2.75, 3.05) is 18.5 Å². The average molecular weight is 412 g/mol. The van der Waals surface area contributed by atoms with Crippen molar-refractivity contribution in [3.8, 4) is 5.75 Å². The number of fused-ring (bicyclic) bond motifs is 1. The summed E-state index contributed by atoms with van der Waals surface area (Å²) >= 11 is 0. The van der Waals surface area contributed by atoms with Crippen molar-refractivity contribution in [2.45, 2.75) is 24.7 Å². The number of benzene rings is 2. The van der Waals surface area contributed by atoms with E-state index in [0.717, 1.165) is 0 Å². The molecule has 0 unspecified atom stereocenters. The largest absolute Gasteiger partial charge is 0.484 e. The van der Waals surface area contributed by atoms with Crippen molar-refractivity contribution in [1.82, 2.24) is 5.32 Å². The minimum absolute atomic E-state index is 0.113. The Labute approximate surface area is 171 Å². The summed E-state index contributed by atoms with van der Waals surface area (Å²) < 4.78 is 11.1. The van der Waals surface area contributed by atoms with Gasteiger partial charge in [0.05, 0.1) is 29.9 Å². The van der Waals surface area contributed by atoms with Crippen LogP contribution in [0, 0.1) is 0 Å². The first-order valence-electron chi connectivity index (χ1n) is 9.42. The molecule has 3 amide bonds. The summed E-state index contributed by atoms with van der Waals surface area (Å²) in [7, 11) is 0. The van der Waals surface area contributed by atoms with Gasteiger partial charge in [0.1, 0.15) is 11.9 Å². The van der Waals surface area contributed by atoms with E-state index in [2.05, 4.69) is 10.6 Å². The molecule has 2 aromatic rings. The molecule has 4 N–H and O–H groups in total. The number of rotatable bonds is 6. The van der Waals surface area contributed by atoms with Crippen molar-refractivity contribution >= 4 is 23.4 Å². The van der Waals surface area contributed by atoms with E-state index in [1.807, 2.05) is 6.07 Å². The molecule has 1 fully saturated rings. The zero-order valence-corrected chi connectivity index (χ0v) is 15.8. The Hall–Kier alpha value is -3.27. The lowest BCUT2D eigenvalue weighted by Crippen LogP contribution is -2.24. The van der Waals surface area contributed by atoms with Crippen LogP contribution in [0.25, 0.3) is 0 Å². The molecule has 2 aromatic carbocycles. The number of nitrogens with one attached hydrogen (secondary N) is 2. The highest BCUT2D eigenvalue weighted by molar-refractivity contribution is 6.22. The molecule has 156 valence electrons. The van der Waals surface area contributed by atoms with Gasteiger partial charge in [-0.05, 0) is 29.8 Å². The maximum absolute atomic E-state index is 12.3. The van der Waals surface area contributed by atoms with Crippen LogP contribution in [0.1, 0.15) is 38.8 Å². The molecular weight excluding hydrogens is 392 g/mol. The van der Waals surface area contributed by atoms with Crippen molar-refractivity contribution in [3.63, 3.8) is 0 Å². The monoisotopic (exact) mass is 412 g/mol. The standard InChI is InChI=1S/C21H20N2O7/c24-9-17-15(25)8-16(30-17)13-6-11(7-14-19(13)21(28)23-20(14)27)22-18(26)10-29-12-4-2-1-3-5-12/h1-7,15-17,24-25H,8-10H2,(H,22,26)(H,23,27,28)/t15-,16+,17+/m0/s1.